The van der Waals surface area contributed by atoms with E-state index in [0.717, 1.165) is 6.42 Å². The van der Waals surface area contributed by atoms with Gasteiger partial charge in [-0.3, -0.25) is 14.5 Å². The minimum absolute atomic E-state index is 0.117. The van der Waals surface area contributed by atoms with Crippen LogP contribution in [0.25, 0.3) is 0 Å². The van der Waals surface area contributed by atoms with Crippen molar-refractivity contribution in [2.24, 2.45) is 5.73 Å². The van der Waals surface area contributed by atoms with Crippen molar-refractivity contribution in [3.63, 3.8) is 0 Å². The molecule has 88 valence electrons. The van der Waals surface area contributed by atoms with E-state index in [-0.39, 0.29) is 12.5 Å². The molecule has 0 spiro atoms. The second-order valence-corrected chi connectivity index (χ2v) is 3.35. The van der Waals surface area contributed by atoms with Crippen LogP contribution in [0.4, 0.5) is 0 Å². The first-order chi connectivity index (χ1) is 7.02. The van der Waals surface area contributed by atoms with E-state index in [9.17, 15) is 9.59 Å². The number of nitrogens with two attached hydrogens (primary N) is 1. The van der Waals surface area contributed by atoms with Gasteiger partial charge >= 0.3 is 5.97 Å². The summed E-state index contributed by atoms with van der Waals surface area (Å²) in [5.74, 6) is -0.744. The lowest BCUT2D eigenvalue weighted by molar-refractivity contribution is -0.145. The highest BCUT2D eigenvalue weighted by molar-refractivity contribution is 5.80. The van der Waals surface area contributed by atoms with Crippen molar-refractivity contribution in [3.05, 3.63) is 0 Å². The van der Waals surface area contributed by atoms with Gasteiger partial charge in [-0.05, 0) is 26.8 Å². The number of carbonyl (C=O) groups is 2. The van der Waals surface area contributed by atoms with Crippen molar-refractivity contribution in [2.75, 3.05) is 19.7 Å². The summed E-state index contributed by atoms with van der Waals surface area (Å²) in [5, 5.41) is 0. The molecular weight excluding hydrogens is 196 g/mol. The smallest absolute Gasteiger partial charge is 0.320 e. The average Bonchev–Trinajstić information content (AvgIpc) is 2.16. The molecule has 0 heterocycles. The Morgan fingerprint density at radius 2 is 2.00 bits per heavy atom. The second-order valence-electron chi connectivity index (χ2n) is 3.35. The molecule has 5 heteroatoms. The fraction of sp³-hybridized carbons (Fsp3) is 0.800. The zero-order valence-corrected chi connectivity index (χ0v) is 9.66. The Balaban J connectivity index is 4.26. The molecule has 0 radical (unpaired) electrons. The lowest BCUT2D eigenvalue weighted by Gasteiger charge is -2.25. The lowest BCUT2D eigenvalue weighted by Crippen LogP contribution is -2.45. The molecule has 15 heavy (non-hydrogen) atoms. The Labute approximate surface area is 90.6 Å². The standard InChI is InChI=1S/C10H20N2O3/c1-4-6-12(8(3)10(11)14)7-9(13)15-5-2/h8H,4-7H2,1-3H3,(H2,11,14). The van der Waals surface area contributed by atoms with Gasteiger partial charge in [0.25, 0.3) is 0 Å². The summed E-state index contributed by atoms with van der Waals surface area (Å²) in [4.78, 5) is 23.9. The summed E-state index contributed by atoms with van der Waals surface area (Å²) >= 11 is 0. The van der Waals surface area contributed by atoms with Gasteiger partial charge in [0.2, 0.25) is 5.91 Å². The fourth-order valence-corrected chi connectivity index (χ4v) is 1.25. The Kier molecular flexibility index (Phi) is 6.70. The predicted octanol–water partition coefficient (Wildman–Crippen LogP) is 0.135. The van der Waals surface area contributed by atoms with Crippen LogP contribution in [0.3, 0.4) is 0 Å². The number of hydrogen-bond acceptors (Lipinski definition) is 4. The van der Waals surface area contributed by atoms with Crippen LogP contribution in [0.5, 0.6) is 0 Å². The zero-order chi connectivity index (χ0) is 11.8. The van der Waals surface area contributed by atoms with E-state index in [1.165, 1.54) is 0 Å². The maximum Gasteiger partial charge on any atom is 0.320 e. The second kappa shape index (κ2) is 7.23. The number of esters is 1. The van der Waals surface area contributed by atoms with Gasteiger partial charge in [0.05, 0.1) is 19.2 Å². The van der Waals surface area contributed by atoms with Crippen molar-refractivity contribution >= 4 is 11.9 Å². The predicted molar refractivity (Wildman–Crippen MR) is 57.2 cm³/mol. The summed E-state index contributed by atoms with van der Waals surface area (Å²) in [6.45, 7) is 6.54. The number of rotatable bonds is 7. The molecular formula is C10H20N2O3. The third-order valence-corrected chi connectivity index (χ3v) is 2.11. The monoisotopic (exact) mass is 216 g/mol. The first-order valence-electron chi connectivity index (χ1n) is 5.21. The number of amides is 1. The molecule has 0 aliphatic carbocycles. The van der Waals surface area contributed by atoms with E-state index >= 15 is 0 Å². The van der Waals surface area contributed by atoms with Gasteiger partial charge < -0.3 is 10.5 Å². The molecule has 0 aliphatic heterocycles. The Hall–Kier alpha value is -1.10. The van der Waals surface area contributed by atoms with Crippen LogP contribution in [-0.2, 0) is 14.3 Å². The van der Waals surface area contributed by atoms with Crippen molar-refractivity contribution in [3.8, 4) is 0 Å². The van der Waals surface area contributed by atoms with Crippen molar-refractivity contribution in [1.29, 1.82) is 0 Å². The van der Waals surface area contributed by atoms with Gasteiger partial charge in [-0.2, -0.15) is 0 Å². The molecule has 0 aromatic heterocycles. The first-order valence-corrected chi connectivity index (χ1v) is 5.21. The molecule has 5 nitrogen and oxygen atoms in total. The van der Waals surface area contributed by atoms with Gasteiger partial charge in [0, 0.05) is 0 Å². The number of nitrogens with zero attached hydrogens (tertiary/aromatic N) is 1. The third kappa shape index (κ3) is 5.37. The highest BCUT2D eigenvalue weighted by Crippen LogP contribution is 2.00. The molecule has 0 rings (SSSR count). The summed E-state index contributed by atoms with van der Waals surface area (Å²) < 4.78 is 4.82. The normalized spacial score (nSPS) is 12.5. The molecule has 1 amide bonds. The highest BCUT2D eigenvalue weighted by atomic mass is 16.5. The molecule has 0 aromatic rings. The number of ether oxygens (including phenoxy) is 1. The minimum Gasteiger partial charge on any atom is -0.465 e. The highest BCUT2D eigenvalue weighted by Gasteiger charge is 2.20. The maximum absolute atomic E-state index is 11.2. The minimum atomic E-state index is -0.436. The fourth-order valence-electron chi connectivity index (χ4n) is 1.25. The van der Waals surface area contributed by atoms with Gasteiger partial charge in [-0.15, -0.1) is 0 Å². The molecule has 0 aliphatic rings. The van der Waals surface area contributed by atoms with Crippen LogP contribution >= 0.6 is 0 Å². The van der Waals surface area contributed by atoms with E-state index in [0.29, 0.717) is 13.2 Å². The molecule has 0 saturated carbocycles. The van der Waals surface area contributed by atoms with Crippen LogP contribution in [-0.4, -0.2) is 42.5 Å². The number of carbonyl (C=O) groups excluding carboxylic acids is 2. The first kappa shape index (κ1) is 13.9. The van der Waals surface area contributed by atoms with Crippen LogP contribution in [0.2, 0.25) is 0 Å². The van der Waals surface area contributed by atoms with E-state index in [1.54, 1.807) is 18.7 Å². The summed E-state index contributed by atoms with van der Waals surface area (Å²) in [5.41, 5.74) is 5.18. The molecule has 1 unspecified atom stereocenters. The Bertz CT molecular complexity index is 219. The van der Waals surface area contributed by atoms with Gasteiger partial charge in [0.1, 0.15) is 0 Å². The van der Waals surface area contributed by atoms with E-state index in [4.69, 9.17) is 10.5 Å². The van der Waals surface area contributed by atoms with Crippen LogP contribution in [0.15, 0.2) is 0 Å². The van der Waals surface area contributed by atoms with Gasteiger partial charge in [-0.1, -0.05) is 6.92 Å². The van der Waals surface area contributed by atoms with Crippen molar-refractivity contribution in [2.45, 2.75) is 33.2 Å². The van der Waals surface area contributed by atoms with E-state index < -0.39 is 11.9 Å². The third-order valence-electron chi connectivity index (χ3n) is 2.11. The van der Waals surface area contributed by atoms with Crippen LogP contribution in [0.1, 0.15) is 27.2 Å². The summed E-state index contributed by atoms with van der Waals surface area (Å²) in [6, 6.07) is -0.436. The summed E-state index contributed by atoms with van der Waals surface area (Å²) in [6.07, 6.45) is 0.858. The topological polar surface area (TPSA) is 72.6 Å². The quantitative estimate of drug-likeness (QED) is 0.614. The van der Waals surface area contributed by atoms with E-state index in [2.05, 4.69) is 0 Å². The Morgan fingerprint density at radius 1 is 1.40 bits per heavy atom. The van der Waals surface area contributed by atoms with Crippen molar-refractivity contribution < 1.29 is 14.3 Å². The van der Waals surface area contributed by atoms with Crippen LogP contribution in [0, 0.1) is 0 Å². The maximum atomic E-state index is 11.2. The largest absolute Gasteiger partial charge is 0.465 e. The van der Waals surface area contributed by atoms with Gasteiger partial charge in [-0.25, -0.2) is 0 Å². The molecule has 0 aromatic carbocycles. The molecule has 2 N–H and O–H groups in total. The summed E-state index contributed by atoms with van der Waals surface area (Å²) in [7, 11) is 0. The molecule has 0 bridgehead atoms. The van der Waals surface area contributed by atoms with Crippen molar-refractivity contribution in [1.82, 2.24) is 4.90 Å². The Morgan fingerprint density at radius 3 is 2.40 bits per heavy atom. The van der Waals surface area contributed by atoms with Crippen LogP contribution < -0.4 is 5.73 Å². The lowest BCUT2D eigenvalue weighted by atomic mass is 10.2. The molecule has 0 saturated heterocycles. The zero-order valence-electron chi connectivity index (χ0n) is 9.66. The number of primary amides is 1. The molecule has 0 fully saturated rings. The van der Waals surface area contributed by atoms with Gasteiger partial charge in [0.15, 0.2) is 0 Å². The molecule has 1 atom stereocenters. The average molecular weight is 216 g/mol. The van der Waals surface area contributed by atoms with E-state index in [1.807, 2.05) is 6.92 Å². The number of hydrogen-bond donors (Lipinski definition) is 1. The SMILES string of the molecule is CCCN(CC(=O)OCC)C(C)C(N)=O.